The maximum atomic E-state index is 13.9. The zero-order valence-corrected chi connectivity index (χ0v) is 17.5. The van der Waals surface area contributed by atoms with E-state index in [9.17, 15) is 14.7 Å². The third-order valence-corrected chi connectivity index (χ3v) is 6.05. The first-order valence-electron chi connectivity index (χ1n) is 8.89. The fourth-order valence-corrected chi connectivity index (χ4v) is 4.41. The normalized spacial score (nSPS) is 12.5. The molecule has 0 spiro atoms. The van der Waals surface area contributed by atoms with Crippen LogP contribution < -0.4 is 23.8 Å². The van der Waals surface area contributed by atoms with E-state index in [-0.39, 0.29) is 28.2 Å². The number of aryl methyl sites for hydroxylation is 1. The molecule has 3 aromatic carbocycles. The predicted molar refractivity (Wildman–Crippen MR) is 112 cm³/mol. The number of ether oxygens (including phenoxy) is 2. The summed E-state index contributed by atoms with van der Waals surface area (Å²) in [7, 11) is -1.16. The Morgan fingerprint density at radius 3 is 2.23 bits per heavy atom. The minimum Gasteiger partial charge on any atom is -0.497 e. The van der Waals surface area contributed by atoms with Crippen molar-refractivity contribution in [1.82, 2.24) is 0 Å². The van der Waals surface area contributed by atoms with Gasteiger partial charge < -0.3 is 18.5 Å². The van der Waals surface area contributed by atoms with E-state index in [4.69, 9.17) is 18.5 Å². The van der Waals surface area contributed by atoms with Crippen LogP contribution in [0.2, 0.25) is 0 Å². The maximum Gasteiger partial charge on any atom is 0.463 e. The maximum absolute atomic E-state index is 13.9. The van der Waals surface area contributed by atoms with E-state index in [0.717, 1.165) is 0 Å². The summed E-state index contributed by atoms with van der Waals surface area (Å²) < 4.78 is 36.0. The Labute approximate surface area is 173 Å². The van der Waals surface area contributed by atoms with Crippen molar-refractivity contribution in [3.8, 4) is 23.0 Å². The highest BCUT2D eigenvalue weighted by atomic mass is 31.2. The van der Waals surface area contributed by atoms with Crippen LogP contribution in [0.25, 0.3) is 0 Å². The van der Waals surface area contributed by atoms with Gasteiger partial charge in [-0.1, -0.05) is 30.3 Å². The zero-order chi connectivity index (χ0) is 21.7. The number of hydrogen-bond acceptors (Lipinski definition) is 7. The average molecular weight is 429 g/mol. The van der Waals surface area contributed by atoms with Crippen molar-refractivity contribution in [3.63, 3.8) is 0 Å². The van der Waals surface area contributed by atoms with Gasteiger partial charge >= 0.3 is 13.3 Å². The highest BCUT2D eigenvalue weighted by Crippen LogP contribution is 2.52. The first kappa shape index (κ1) is 21.2. The summed E-state index contributed by atoms with van der Waals surface area (Å²) in [4.78, 5) is 10.9. The van der Waals surface area contributed by atoms with Gasteiger partial charge in [0, 0.05) is 12.1 Å². The van der Waals surface area contributed by atoms with Gasteiger partial charge in [0.05, 0.1) is 24.4 Å². The van der Waals surface area contributed by atoms with E-state index in [0.29, 0.717) is 11.3 Å². The second kappa shape index (κ2) is 8.88. The van der Waals surface area contributed by atoms with Crippen molar-refractivity contribution in [3.05, 3.63) is 82.4 Å². The summed E-state index contributed by atoms with van der Waals surface area (Å²) in [5, 5.41) is 11.7. The summed E-state index contributed by atoms with van der Waals surface area (Å²) in [6, 6.07) is 17.4. The van der Waals surface area contributed by atoms with Crippen molar-refractivity contribution >= 4 is 18.6 Å². The number of nitro groups is 1. The lowest BCUT2D eigenvalue weighted by molar-refractivity contribution is -0.385. The van der Waals surface area contributed by atoms with Crippen LogP contribution in [0.3, 0.4) is 0 Å². The number of rotatable bonds is 8. The van der Waals surface area contributed by atoms with Crippen LogP contribution in [0.5, 0.6) is 23.0 Å². The molecule has 0 aromatic heterocycles. The van der Waals surface area contributed by atoms with Gasteiger partial charge in [0.25, 0.3) is 0 Å². The van der Waals surface area contributed by atoms with Gasteiger partial charge in [0.15, 0.2) is 11.5 Å². The Morgan fingerprint density at radius 2 is 1.60 bits per heavy atom. The molecule has 8 nitrogen and oxygen atoms in total. The summed E-state index contributed by atoms with van der Waals surface area (Å²) in [6.45, 7) is 1.63. The first-order chi connectivity index (χ1) is 14.4. The van der Waals surface area contributed by atoms with Crippen molar-refractivity contribution < 1.29 is 28.0 Å². The largest absolute Gasteiger partial charge is 0.497 e. The molecule has 0 unspecified atom stereocenters. The fourth-order valence-electron chi connectivity index (χ4n) is 2.73. The highest BCUT2D eigenvalue weighted by molar-refractivity contribution is 7.63. The molecule has 3 rings (SSSR count). The highest BCUT2D eigenvalue weighted by Gasteiger charge is 2.35. The van der Waals surface area contributed by atoms with Crippen LogP contribution in [0.1, 0.15) is 5.56 Å². The molecule has 30 heavy (non-hydrogen) atoms. The minimum atomic E-state index is -4.10. The van der Waals surface area contributed by atoms with Gasteiger partial charge in [0.1, 0.15) is 5.75 Å². The number of para-hydroxylation sites is 1. The second-order valence-electron chi connectivity index (χ2n) is 6.21. The molecule has 0 fully saturated rings. The quantitative estimate of drug-likeness (QED) is 0.285. The van der Waals surface area contributed by atoms with E-state index in [1.165, 1.54) is 32.4 Å². The fraction of sp³-hybridized carbons (Fsp3) is 0.143. The van der Waals surface area contributed by atoms with Gasteiger partial charge in [-0.3, -0.25) is 10.1 Å². The first-order valence-corrected chi connectivity index (χ1v) is 10.4. The van der Waals surface area contributed by atoms with E-state index in [2.05, 4.69) is 0 Å². The monoisotopic (exact) mass is 429 g/mol. The Bertz CT molecular complexity index is 1100. The Balaban J connectivity index is 2.11. The van der Waals surface area contributed by atoms with E-state index >= 15 is 0 Å². The van der Waals surface area contributed by atoms with Crippen LogP contribution in [0.4, 0.5) is 5.69 Å². The Morgan fingerprint density at radius 1 is 0.867 bits per heavy atom. The zero-order valence-electron chi connectivity index (χ0n) is 16.6. The molecule has 0 bridgehead atoms. The van der Waals surface area contributed by atoms with Crippen molar-refractivity contribution in [2.75, 3.05) is 14.2 Å². The van der Waals surface area contributed by atoms with Gasteiger partial charge in [-0.05, 0) is 36.8 Å². The molecule has 0 N–H and O–H groups in total. The number of nitrogens with zero attached hydrogens (tertiary/aromatic N) is 1. The van der Waals surface area contributed by atoms with Crippen LogP contribution in [0.15, 0.2) is 66.7 Å². The van der Waals surface area contributed by atoms with Gasteiger partial charge in [0.2, 0.25) is 5.75 Å². The third kappa shape index (κ3) is 4.39. The Hall–Kier alpha value is -3.51. The minimum absolute atomic E-state index is 0.123. The summed E-state index contributed by atoms with van der Waals surface area (Å²) in [6.07, 6.45) is 0. The van der Waals surface area contributed by atoms with E-state index in [1.807, 2.05) is 0 Å². The standard InChI is InChI=1S/C21H20NO7P/c1-15-8-7-11-18(22(23)24)21(15)29-30(25,17-9-5-4-6-10-17)28-19-13-12-16(26-2)14-20(19)27-3/h4-14H,1-3H3/t30-/m0/s1. The number of benzene rings is 3. The van der Waals surface area contributed by atoms with Crippen molar-refractivity contribution in [2.45, 2.75) is 6.92 Å². The van der Waals surface area contributed by atoms with Crippen LogP contribution in [0, 0.1) is 17.0 Å². The lowest BCUT2D eigenvalue weighted by Crippen LogP contribution is -2.15. The molecule has 0 amide bonds. The van der Waals surface area contributed by atoms with Crippen molar-refractivity contribution in [2.24, 2.45) is 0 Å². The van der Waals surface area contributed by atoms with Crippen LogP contribution in [-0.4, -0.2) is 19.1 Å². The third-order valence-electron chi connectivity index (χ3n) is 4.26. The van der Waals surface area contributed by atoms with E-state index < -0.39 is 12.5 Å². The Kier molecular flexibility index (Phi) is 6.28. The molecule has 0 saturated heterocycles. The molecular formula is C21H20NO7P. The lowest BCUT2D eigenvalue weighted by Gasteiger charge is -2.22. The number of hydrogen-bond donors (Lipinski definition) is 0. The molecule has 0 saturated carbocycles. The van der Waals surface area contributed by atoms with Gasteiger partial charge in [-0.2, -0.15) is 0 Å². The summed E-state index contributed by atoms with van der Waals surface area (Å²) in [5.41, 5.74) is 0.141. The second-order valence-corrected chi connectivity index (χ2v) is 8.09. The number of methoxy groups -OCH3 is 2. The predicted octanol–water partition coefficient (Wildman–Crippen LogP) is 4.90. The summed E-state index contributed by atoms with van der Waals surface area (Å²) >= 11 is 0. The lowest BCUT2D eigenvalue weighted by atomic mass is 10.2. The summed E-state index contributed by atoms with van der Waals surface area (Å²) in [5.74, 6) is 0.807. The molecule has 1 atom stereocenters. The molecule has 0 aliphatic carbocycles. The van der Waals surface area contributed by atoms with Gasteiger partial charge in [-0.15, -0.1) is 0 Å². The molecule has 9 heteroatoms. The molecular weight excluding hydrogens is 409 g/mol. The SMILES string of the molecule is COc1ccc(O[P@](=O)(Oc2c(C)cccc2[N+](=O)[O-])c2ccccc2)c(OC)c1. The molecule has 0 aliphatic rings. The molecule has 156 valence electrons. The number of nitro benzene ring substituents is 1. The topological polar surface area (TPSA) is 97.1 Å². The van der Waals surface area contributed by atoms with Crippen molar-refractivity contribution in [1.29, 1.82) is 0 Å². The smallest absolute Gasteiger partial charge is 0.463 e. The van der Waals surface area contributed by atoms with Gasteiger partial charge in [-0.25, -0.2) is 4.57 Å². The average Bonchev–Trinajstić information content (AvgIpc) is 2.76. The molecule has 3 aromatic rings. The van der Waals surface area contributed by atoms with Crippen LogP contribution >= 0.6 is 7.60 Å². The molecule has 0 heterocycles. The molecule has 0 radical (unpaired) electrons. The molecule has 0 aliphatic heterocycles. The van der Waals surface area contributed by atoms with Crippen LogP contribution in [-0.2, 0) is 4.57 Å². The van der Waals surface area contributed by atoms with E-state index in [1.54, 1.807) is 55.5 Å².